The second-order valence-electron chi connectivity index (χ2n) is 5.78. The number of sulfonamides is 1. The second kappa shape index (κ2) is 10.4. The molecular formula is C14H28IN5O3S. The number of rotatable bonds is 6. The average Bonchev–Trinajstić information content (AvgIpc) is 3.14. The Balaban J connectivity index is 0.00000288. The number of likely N-dealkylation sites (tertiary alicyclic amines) is 1. The van der Waals surface area contributed by atoms with E-state index < -0.39 is 10.0 Å². The van der Waals surface area contributed by atoms with E-state index in [4.69, 9.17) is 0 Å². The van der Waals surface area contributed by atoms with Gasteiger partial charge in [0.1, 0.15) is 6.54 Å². The van der Waals surface area contributed by atoms with Gasteiger partial charge in [0.05, 0.1) is 5.75 Å². The van der Waals surface area contributed by atoms with Gasteiger partial charge in [-0.05, 0) is 26.2 Å². The second-order valence-corrected chi connectivity index (χ2v) is 7.87. The molecule has 0 aliphatic carbocycles. The standard InChI is InChI=1S/C14H27N5O3S.HI/c1-2-15-14(17-12-13(20)18-7-3-4-8-18)16-6-10-19-9-5-11-23(19,21)22;/h2-12H2,1H3,(H2,15,16,17);1H. The summed E-state index contributed by atoms with van der Waals surface area (Å²) in [6.45, 7) is 5.89. The van der Waals surface area contributed by atoms with Crippen molar-refractivity contribution in [3.05, 3.63) is 0 Å². The molecule has 1 amide bonds. The van der Waals surface area contributed by atoms with Gasteiger partial charge >= 0.3 is 0 Å². The highest BCUT2D eigenvalue weighted by atomic mass is 127. The van der Waals surface area contributed by atoms with Crippen molar-refractivity contribution >= 4 is 45.9 Å². The Kier molecular flexibility index (Phi) is 9.27. The molecule has 8 nitrogen and oxygen atoms in total. The van der Waals surface area contributed by atoms with Gasteiger partial charge in [-0.15, -0.1) is 24.0 Å². The fourth-order valence-corrected chi connectivity index (χ4v) is 4.33. The number of carbonyl (C=O) groups is 1. The number of aliphatic imine (C=N–C) groups is 1. The molecule has 0 saturated carbocycles. The largest absolute Gasteiger partial charge is 0.357 e. The first-order chi connectivity index (χ1) is 11.0. The van der Waals surface area contributed by atoms with Crippen LogP contribution in [-0.2, 0) is 14.8 Å². The fraction of sp³-hybridized carbons (Fsp3) is 0.857. The van der Waals surface area contributed by atoms with Gasteiger partial charge in [0, 0.05) is 39.3 Å². The number of nitrogens with one attached hydrogen (secondary N) is 2. The summed E-state index contributed by atoms with van der Waals surface area (Å²) in [5, 5.41) is 6.17. The Labute approximate surface area is 161 Å². The number of hydrogen-bond donors (Lipinski definition) is 2. The van der Waals surface area contributed by atoms with Crippen molar-refractivity contribution in [3.63, 3.8) is 0 Å². The lowest BCUT2D eigenvalue weighted by atomic mass is 10.4. The number of carbonyl (C=O) groups excluding carboxylic acids is 1. The third kappa shape index (κ3) is 6.36. The number of amides is 1. The minimum absolute atomic E-state index is 0. The zero-order chi connectivity index (χ0) is 16.7. The van der Waals surface area contributed by atoms with Crippen LogP contribution in [0.15, 0.2) is 4.99 Å². The van der Waals surface area contributed by atoms with Gasteiger partial charge in [-0.3, -0.25) is 4.79 Å². The van der Waals surface area contributed by atoms with Crippen LogP contribution in [0.4, 0.5) is 0 Å². The van der Waals surface area contributed by atoms with Crippen molar-refractivity contribution in [3.8, 4) is 0 Å². The lowest BCUT2D eigenvalue weighted by Crippen LogP contribution is -2.42. The maximum absolute atomic E-state index is 12.0. The maximum Gasteiger partial charge on any atom is 0.244 e. The van der Waals surface area contributed by atoms with E-state index in [0.29, 0.717) is 38.6 Å². The first-order valence-corrected chi connectivity index (χ1v) is 9.91. The van der Waals surface area contributed by atoms with Crippen molar-refractivity contribution < 1.29 is 13.2 Å². The molecule has 0 unspecified atom stereocenters. The normalized spacial score (nSPS) is 20.7. The van der Waals surface area contributed by atoms with Gasteiger partial charge in [0.25, 0.3) is 0 Å². The molecule has 0 aromatic heterocycles. The van der Waals surface area contributed by atoms with Crippen LogP contribution >= 0.6 is 24.0 Å². The zero-order valence-corrected chi connectivity index (χ0v) is 17.3. The summed E-state index contributed by atoms with van der Waals surface area (Å²) in [6.07, 6.45) is 2.83. The van der Waals surface area contributed by atoms with Gasteiger partial charge in [-0.1, -0.05) is 0 Å². The molecule has 10 heteroatoms. The molecule has 0 aromatic carbocycles. The summed E-state index contributed by atoms with van der Waals surface area (Å²) in [7, 11) is -3.06. The molecule has 2 aliphatic heterocycles. The third-order valence-electron chi connectivity index (χ3n) is 4.03. The summed E-state index contributed by atoms with van der Waals surface area (Å²) in [4.78, 5) is 18.1. The number of guanidine groups is 1. The van der Waals surface area contributed by atoms with E-state index in [9.17, 15) is 13.2 Å². The van der Waals surface area contributed by atoms with Gasteiger partial charge < -0.3 is 15.5 Å². The fourth-order valence-electron chi connectivity index (χ4n) is 2.80. The van der Waals surface area contributed by atoms with Crippen molar-refractivity contribution in [1.82, 2.24) is 19.8 Å². The number of nitrogens with zero attached hydrogens (tertiary/aromatic N) is 3. The predicted octanol–water partition coefficient (Wildman–Crippen LogP) is -0.183. The Hall–Kier alpha value is -0.620. The van der Waals surface area contributed by atoms with Crippen LogP contribution in [0.2, 0.25) is 0 Å². The van der Waals surface area contributed by atoms with Gasteiger partial charge in [0.15, 0.2) is 5.96 Å². The summed E-state index contributed by atoms with van der Waals surface area (Å²) in [5.41, 5.74) is 0. The van der Waals surface area contributed by atoms with Gasteiger partial charge in [0.2, 0.25) is 15.9 Å². The Morgan fingerprint density at radius 3 is 2.42 bits per heavy atom. The van der Waals surface area contributed by atoms with Crippen molar-refractivity contribution in [1.29, 1.82) is 0 Å². The van der Waals surface area contributed by atoms with Crippen molar-refractivity contribution in [2.75, 3.05) is 51.6 Å². The molecule has 140 valence electrons. The van der Waals surface area contributed by atoms with Crippen molar-refractivity contribution in [2.24, 2.45) is 4.99 Å². The zero-order valence-electron chi connectivity index (χ0n) is 14.2. The highest BCUT2D eigenvalue weighted by Crippen LogP contribution is 2.11. The van der Waals surface area contributed by atoms with Gasteiger partial charge in [-0.2, -0.15) is 0 Å². The van der Waals surface area contributed by atoms with Crippen LogP contribution in [0.3, 0.4) is 0 Å². The summed E-state index contributed by atoms with van der Waals surface area (Å²) >= 11 is 0. The van der Waals surface area contributed by atoms with Crippen LogP contribution in [0, 0.1) is 0 Å². The molecule has 0 spiro atoms. The summed E-state index contributed by atoms with van der Waals surface area (Å²) in [5.74, 6) is 0.837. The van der Waals surface area contributed by atoms with Crippen molar-refractivity contribution in [2.45, 2.75) is 26.2 Å². The molecule has 0 radical (unpaired) electrons. The molecule has 2 rings (SSSR count). The van der Waals surface area contributed by atoms with Gasteiger partial charge in [-0.25, -0.2) is 17.7 Å². The molecule has 0 atom stereocenters. The quantitative estimate of drug-likeness (QED) is 0.317. The van der Waals surface area contributed by atoms with E-state index in [2.05, 4.69) is 15.6 Å². The highest BCUT2D eigenvalue weighted by Gasteiger charge is 2.27. The van der Waals surface area contributed by atoms with Crippen LogP contribution in [0.1, 0.15) is 26.2 Å². The average molecular weight is 473 g/mol. The lowest BCUT2D eigenvalue weighted by molar-refractivity contribution is -0.128. The first kappa shape index (κ1) is 21.4. The van der Waals surface area contributed by atoms with E-state index in [1.165, 1.54) is 4.31 Å². The Bertz CT molecular complexity index is 535. The lowest BCUT2D eigenvalue weighted by Gasteiger charge is -2.17. The SMILES string of the molecule is CCNC(=NCC(=O)N1CCCC1)NCCN1CCCS1(=O)=O.I. The molecule has 2 aliphatic rings. The summed E-state index contributed by atoms with van der Waals surface area (Å²) < 4.78 is 25.0. The van der Waals surface area contributed by atoms with E-state index in [0.717, 1.165) is 25.9 Å². The molecule has 24 heavy (non-hydrogen) atoms. The molecule has 2 N–H and O–H groups in total. The van der Waals surface area contributed by atoms with E-state index >= 15 is 0 Å². The molecule has 0 aromatic rings. The van der Waals surface area contributed by atoms with E-state index in [-0.39, 0.29) is 42.2 Å². The molecular weight excluding hydrogens is 445 g/mol. The monoisotopic (exact) mass is 473 g/mol. The summed E-state index contributed by atoms with van der Waals surface area (Å²) in [6, 6.07) is 0. The molecule has 2 fully saturated rings. The predicted molar refractivity (Wildman–Crippen MR) is 105 cm³/mol. The highest BCUT2D eigenvalue weighted by molar-refractivity contribution is 14.0. The minimum atomic E-state index is -3.06. The Morgan fingerprint density at radius 2 is 1.83 bits per heavy atom. The molecule has 2 heterocycles. The number of hydrogen-bond acceptors (Lipinski definition) is 4. The molecule has 0 bridgehead atoms. The van der Waals surface area contributed by atoms with Crippen LogP contribution in [0.5, 0.6) is 0 Å². The Morgan fingerprint density at radius 1 is 1.12 bits per heavy atom. The third-order valence-corrected chi connectivity index (χ3v) is 5.99. The van der Waals surface area contributed by atoms with Crippen LogP contribution in [-0.4, -0.2) is 81.1 Å². The first-order valence-electron chi connectivity index (χ1n) is 8.30. The minimum Gasteiger partial charge on any atom is -0.357 e. The van der Waals surface area contributed by atoms with Crippen LogP contribution < -0.4 is 10.6 Å². The van der Waals surface area contributed by atoms with E-state index in [1.807, 2.05) is 11.8 Å². The molecule has 2 saturated heterocycles. The topological polar surface area (TPSA) is 94.1 Å². The smallest absolute Gasteiger partial charge is 0.244 e. The maximum atomic E-state index is 12.0. The number of halogens is 1. The van der Waals surface area contributed by atoms with E-state index in [1.54, 1.807) is 0 Å². The van der Waals surface area contributed by atoms with Crippen LogP contribution in [0.25, 0.3) is 0 Å².